The number of hydrogen-bond donors (Lipinski definition) is 1. The van der Waals surface area contributed by atoms with E-state index in [-0.39, 0.29) is 11.8 Å². The van der Waals surface area contributed by atoms with E-state index >= 15 is 0 Å². The summed E-state index contributed by atoms with van der Waals surface area (Å²) in [5.74, 6) is 0.344. The first kappa shape index (κ1) is 14.8. The summed E-state index contributed by atoms with van der Waals surface area (Å²) >= 11 is 0. The van der Waals surface area contributed by atoms with E-state index in [1.807, 2.05) is 9.80 Å². The lowest BCUT2D eigenvalue weighted by molar-refractivity contribution is -0.137. The molecule has 0 spiro atoms. The number of carbonyl (C=O) groups is 2. The molecule has 0 aromatic rings. The second-order valence-electron chi connectivity index (χ2n) is 6.67. The molecule has 0 aromatic heterocycles. The molecule has 1 saturated carbocycles. The van der Waals surface area contributed by atoms with Gasteiger partial charge in [-0.05, 0) is 32.1 Å². The van der Waals surface area contributed by atoms with Gasteiger partial charge in [0, 0.05) is 39.3 Å². The molecule has 2 aliphatic heterocycles. The van der Waals surface area contributed by atoms with Crippen LogP contribution in [0.2, 0.25) is 0 Å². The maximum Gasteiger partial charge on any atom is 0.242 e. The van der Waals surface area contributed by atoms with Crippen LogP contribution in [0, 0.1) is 0 Å². The lowest BCUT2D eigenvalue weighted by Gasteiger charge is -2.37. The maximum absolute atomic E-state index is 12.2. The molecule has 1 aliphatic carbocycles. The highest BCUT2D eigenvalue weighted by molar-refractivity contribution is 5.89. The highest BCUT2D eigenvalue weighted by Gasteiger charge is 2.48. The number of nitrogens with two attached hydrogens (primary N) is 1. The summed E-state index contributed by atoms with van der Waals surface area (Å²) in [6.45, 7) is 5.27. The quantitative estimate of drug-likeness (QED) is 0.771. The Morgan fingerprint density at radius 2 is 1.48 bits per heavy atom. The molecule has 6 heteroatoms. The summed E-state index contributed by atoms with van der Waals surface area (Å²) in [5.41, 5.74) is 5.40. The Morgan fingerprint density at radius 1 is 0.857 bits per heavy atom. The minimum Gasteiger partial charge on any atom is -0.342 e. The average Bonchev–Trinajstić information content (AvgIpc) is 3.27. The first-order valence-electron chi connectivity index (χ1n) is 8.17. The van der Waals surface area contributed by atoms with Crippen LogP contribution in [-0.2, 0) is 9.59 Å². The first-order valence-corrected chi connectivity index (χ1v) is 8.17. The van der Waals surface area contributed by atoms with Gasteiger partial charge in [-0.25, -0.2) is 0 Å². The van der Waals surface area contributed by atoms with Gasteiger partial charge in [0.25, 0.3) is 0 Å². The van der Waals surface area contributed by atoms with Gasteiger partial charge < -0.3 is 15.5 Å². The Kier molecular flexibility index (Phi) is 4.17. The van der Waals surface area contributed by atoms with E-state index in [1.54, 1.807) is 0 Å². The molecule has 0 atom stereocenters. The normalized spacial score (nSPS) is 25.8. The van der Waals surface area contributed by atoms with Crippen molar-refractivity contribution in [2.75, 3.05) is 45.8 Å². The van der Waals surface area contributed by atoms with Crippen molar-refractivity contribution in [3.8, 4) is 0 Å². The molecule has 2 saturated heterocycles. The number of amides is 2. The van der Waals surface area contributed by atoms with Gasteiger partial charge in [0.1, 0.15) is 0 Å². The van der Waals surface area contributed by atoms with Crippen molar-refractivity contribution in [1.29, 1.82) is 0 Å². The summed E-state index contributed by atoms with van der Waals surface area (Å²) in [6.07, 6.45) is 5.14. The van der Waals surface area contributed by atoms with Crippen LogP contribution in [0.5, 0.6) is 0 Å². The standard InChI is InChI=1S/C15H26N4O2/c16-15(4-5-15)14(21)19-10-8-17(9-11-19)12-13(20)18-6-2-1-3-7-18/h1-12,16H2. The van der Waals surface area contributed by atoms with Crippen molar-refractivity contribution in [2.45, 2.75) is 37.6 Å². The van der Waals surface area contributed by atoms with Crippen molar-refractivity contribution >= 4 is 11.8 Å². The fraction of sp³-hybridized carbons (Fsp3) is 0.867. The SMILES string of the molecule is NC1(C(=O)N2CCN(CC(=O)N3CCCCC3)CC2)CC1. The van der Waals surface area contributed by atoms with Gasteiger partial charge in [0.2, 0.25) is 11.8 Å². The van der Waals surface area contributed by atoms with Crippen LogP contribution in [0.3, 0.4) is 0 Å². The van der Waals surface area contributed by atoms with Gasteiger partial charge in [0.15, 0.2) is 0 Å². The molecule has 0 aromatic carbocycles. The molecule has 21 heavy (non-hydrogen) atoms. The van der Waals surface area contributed by atoms with Gasteiger partial charge in [-0.3, -0.25) is 14.5 Å². The van der Waals surface area contributed by atoms with Crippen LogP contribution < -0.4 is 5.73 Å². The fourth-order valence-electron chi connectivity index (χ4n) is 3.21. The van der Waals surface area contributed by atoms with Gasteiger partial charge in [0.05, 0.1) is 12.1 Å². The van der Waals surface area contributed by atoms with Gasteiger partial charge in [-0.1, -0.05) is 0 Å². The number of hydrogen-bond acceptors (Lipinski definition) is 4. The summed E-state index contributed by atoms with van der Waals surface area (Å²) in [5, 5.41) is 0. The van der Waals surface area contributed by atoms with Gasteiger partial charge >= 0.3 is 0 Å². The smallest absolute Gasteiger partial charge is 0.242 e. The summed E-state index contributed by atoms with van der Waals surface area (Å²) < 4.78 is 0. The van der Waals surface area contributed by atoms with Crippen LogP contribution in [0.25, 0.3) is 0 Å². The Bertz CT molecular complexity index is 408. The molecule has 118 valence electrons. The van der Waals surface area contributed by atoms with Crippen molar-refractivity contribution in [3.05, 3.63) is 0 Å². The number of likely N-dealkylation sites (tertiary alicyclic amines) is 1. The number of piperazine rings is 1. The molecule has 0 bridgehead atoms. The van der Waals surface area contributed by atoms with Crippen LogP contribution >= 0.6 is 0 Å². The third-order valence-electron chi connectivity index (χ3n) is 4.94. The van der Waals surface area contributed by atoms with Crippen LogP contribution in [0.4, 0.5) is 0 Å². The minimum absolute atomic E-state index is 0.101. The second kappa shape index (κ2) is 5.93. The Morgan fingerprint density at radius 3 is 2.05 bits per heavy atom. The lowest BCUT2D eigenvalue weighted by atomic mass is 10.1. The summed E-state index contributed by atoms with van der Waals surface area (Å²) in [7, 11) is 0. The van der Waals surface area contributed by atoms with E-state index in [1.165, 1.54) is 6.42 Å². The van der Waals surface area contributed by atoms with Crippen molar-refractivity contribution in [1.82, 2.24) is 14.7 Å². The third-order valence-corrected chi connectivity index (χ3v) is 4.94. The van der Waals surface area contributed by atoms with Gasteiger partial charge in [-0.2, -0.15) is 0 Å². The van der Waals surface area contributed by atoms with E-state index < -0.39 is 5.54 Å². The predicted octanol–water partition coefficient (Wildman–Crippen LogP) is -0.366. The predicted molar refractivity (Wildman–Crippen MR) is 79.6 cm³/mol. The van der Waals surface area contributed by atoms with Gasteiger partial charge in [-0.15, -0.1) is 0 Å². The summed E-state index contributed by atoms with van der Waals surface area (Å²) in [6, 6.07) is 0. The number of carbonyl (C=O) groups excluding carboxylic acids is 2. The number of rotatable bonds is 3. The molecule has 3 fully saturated rings. The van der Waals surface area contributed by atoms with E-state index in [9.17, 15) is 9.59 Å². The molecule has 0 radical (unpaired) electrons. The lowest BCUT2D eigenvalue weighted by Crippen LogP contribution is -2.55. The number of piperidine rings is 1. The maximum atomic E-state index is 12.2. The van der Waals surface area contributed by atoms with Crippen LogP contribution in [0.15, 0.2) is 0 Å². The van der Waals surface area contributed by atoms with E-state index in [0.717, 1.165) is 51.9 Å². The minimum atomic E-state index is -0.564. The average molecular weight is 294 g/mol. The topological polar surface area (TPSA) is 69.9 Å². The van der Waals surface area contributed by atoms with Crippen molar-refractivity contribution in [3.63, 3.8) is 0 Å². The second-order valence-corrected chi connectivity index (χ2v) is 6.67. The van der Waals surface area contributed by atoms with Crippen molar-refractivity contribution < 1.29 is 9.59 Å². The number of nitrogens with zero attached hydrogens (tertiary/aromatic N) is 3. The van der Waals surface area contributed by atoms with E-state index in [4.69, 9.17) is 5.73 Å². The van der Waals surface area contributed by atoms with E-state index in [2.05, 4.69) is 4.90 Å². The molecule has 3 aliphatic rings. The molecule has 2 heterocycles. The first-order chi connectivity index (χ1) is 10.1. The monoisotopic (exact) mass is 294 g/mol. The molecule has 3 rings (SSSR count). The Hall–Kier alpha value is -1.14. The molecular weight excluding hydrogens is 268 g/mol. The van der Waals surface area contributed by atoms with Crippen LogP contribution in [-0.4, -0.2) is 77.9 Å². The molecule has 6 nitrogen and oxygen atoms in total. The Balaban J connectivity index is 1.43. The Labute approximate surface area is 126 Å². The largest absolute Gasteiger partial charge is 0.342 e. The highest BCUT2D eigenvalue weighted by Crippen LogP contribution is 2.34. The highest BCUT2D eigenvalue weighted by atomic mass is 16.2. The zero-order valence-electron chi connectivity index (χ0n) is 12.7. The zero-order valence-corrected chi connectivity index (χ0v) is 12.7. The molecule has 2 N–H and O–H groups in total. The molecule has 0 unspecified atom stereocenters. The zero-order chi connectivity index (χ0) is 14.9. The third kappa shape index (κ3) is 3.37. The summed E-state index contributed by atoms with van der Waals surface area (Å²) in [4.78, 5) is 30.4. The molecular formula is C15H26N4O2. The van der Waals surface area contributed by atoms with E-state index in [0.29, 0.717) is 19.6 Å². The van der Waals surface area contributed by atoms with Crippen LogP contribution in [0.1, 0.15) is 32.1 Å². The molecule has 2 amide bonds. The van der Waals surface area contributed by atoms with Crippen molar-refractivity contribution in [2.24, 2.45) is 5.73 Å². The fourth-order valence-corrected chi connectivity index (χ4v) is 3.21.